The van der Waals surface area contributed by atoms with Crippen LogP contribution in [0.5, 0.6) is 0 Å². The lowest BCUT2D eigenvalue weighted by Gasteiger charge is -2.26. The predicted octanol–water partition coefficient (Wildman–Crippen LogP) is 3.56. The lowest BCUT2D eigenvalue weighted by atomic mass is 10.0. The molecule has 3 aromatic rings. The molecule has 0 spiro atoms. The molecule has 164 valence electrons. The van der Waals surface area contributed by atoms with Gasteiger partial charge in [-0.05, 0) is 61.7 Å². The highest BCUT2D eigenvalue weighted by Gasteiger charge is 2.28. The van der Waals surface area contributed by atoms with Gasteiger partial charge in [0.2, 0.25) is 15.9 Å². The van der Waals surface area contributed by atoms with E-state index in [1.807, 2.05) is 26.0 Å². The maximum absolute atomic E-state index is 13.1. The first-order valence-electron chi connectivity index (χ1n) is 10.2. The summed E-state index contributed by atoms with van der Waals surface area (Å²) < 4.78 is 38.4. The highest BCUT2D eigenvalue weighted by molar-refractivity contribution is 7.89. The minimum absolute atomic E-state index is 0.134. The summed E-state index contributed by atoms with van der Waals surface area (Å²) in [6.07, 6.45) is 1.74. The summed E-state index contributed by atoms with van der Waals surface area (Å²) in [6, 6.07) is 8.94. The standard InChI is InChI=1S/C23H26N2O5S/c1-15-4-5-19(13-22(15)31(27,28)25-6-8-29-9-7-25)24-23(26)12-18-14-30-21-11-17(3)16(2)10-20(18)21/h4-5,10-11,13-14H,6-9,12H2,1-3H3,(H,24,26). The average Bonchev–Trinajstić information content (AvgIpc) is 3.11. The molecule has 0 radical (unpaired) electrons. The molecule has 0 bridgehead atoms. The summed E-state index contributed by atoms with van der Waals surface area (Å²) in [7, 11) is -3.65. The van der Waals surface area contributed by atoms with Crippen molar-refractivity contribution in [1.29, 1.82) is 0 Å². The van der Waals surface area contributed by atoms with E-state index in [2.05, 4.69) is 5.32 Å². The maximum atomic E-state index is 13.1. The number of aryl methyl sites for hydroxylation is 3. The number of anilines is 1. The van der Waals surface area contributed by atoms with Crippen molar-refractivity contribution in [3.8, 4) is 0 Å². The quantitative estimate of drug-likeness (QED) is 0.653. The largest absolute Gasteiger partial charge is 0.464 e. The van der Waals surface area contributed by atoms with E-state index in [0.717, 1.165) is 27.7 Å². The second-order valence-electron chi connectivity index (χ2n) is 7.92. The molecule has 2 aromatic carbocycles. The predicted molar refractivity (Wildman–Crippen MR) is 119 cm³/mol. The van der Waals surface area contributed by atoms with Gasteiger partial charge in [0.25, 0.3) is 0 Å². The Morgan fingerprint density at radius 2 is 1.74 bits per heavy atom. The van der Waals surface area contributed by atoms with E-state index >= 15 is 0 Å². The normalized spacial score (nSPS) is 15.3. The molecule has 0 unspecified atom stereocenters. The van der Waals surface area contributed by atoms with E-state index in [4.69, 9.17) is 9.15 Å². The van der Waals surface area contributed by atoms with Gasteiger partial charge in [0.05, 0.1) is 30.8 Å². The Kier molecular flexibility index (Phi) is 5.88. The summed E-state index contributed by atoms with van der Waals surface area (Å²) in [6.45, 7) is 7.20. The molecular formula is C23H26N2O5S. The number of fused-ring (bicyclic) bond motifs is 1. The number of rotatable bonds is 5. The smallest absolute Gasteiger partial charge is 0.243 e. The zero-order valence-corrected chi connectivity index (χ0v) is 18.7. The molecule has 0 atom stereocenters. The summed E-state index contributed by atoms with van der Waals surface area (Å²) >= 11 is 0. The monoisotopic (exact) mass is 442 g/mol. The molecule has 1 amide bonds. The van der Waals surface area contributed by atoms with Gasteiger partial charge in [0.1, 0.15) is 5.58 Å². The minimum atomic E-state index is -3.65. The molecule has 1 aromatic heterocycles. The van der Waals surface area contributed by atoms with Crippen molar-refractivity contribution in [2.75, 3.05) is 31.6 Å². The fourth-order valence-corrected chi connectivity index (χ4v) is 5.39. The molecule has 1 aliphatic rings. The van der Waals surface area contributed by atoms with Crippen LogP contribution in [0.1, 0.15) is 22.3 Å². The van der Waals surface area contributed by atoms with Crippen LogP contribution in [-0.2, 0) is 26.0 Å². The second-order valence-corrected chi connectivity index (χ2v) is 9.82. The van der Waals surface area contributed by atoms with Crippen LogP contribution in [0, 0.1) is 20.8 Å². The molecule has 7 nitrogen and oxygen atoms in total. The van der Waals surface area contributed by atoms with Crippen molar-refractivity contribution in [3.05, 3.63) is 58.8 Å². The zero-order chi connectivity index (χ0) is 22.2. The first-order chi connectivity index (χ1) is 14.8. The van der Waals surface area contributed by atoms with Crippen LogP contribution >= 0.6 is 0 Å². The molecule has 0 aliphatic carbocycles. The van der Waals surface area contributed by atoms with Crippen molar-refractivity contribution >= 4 is 32.6 Å². The average molecular weight is 443 g/mol. The maximum Gasteiger partial charge on any atom is 0.243 e. The van der Waals surface area contributed by atoms with E-state index in [9.17, 15) is 13.2 Å². The highest BCUT2D eigenvalue weighted by atomic mass is 32.2. The van der Waals surface area contributed by atoms with E-state index in [1.54, 1.807) is 25.3 Å². The van der Waals surface area contributed by atoms with Crippen molar-refractivity contribution in [2.24, 2.45) is 0 Å². The van der Waals surface area contributed by atoms with Gasteiger partial charge in [-0.1, -0.05) is 6.07 Å². The molecule has 1 aliphatic heterocycles. The highest BCUT2D eigenvalue weighted by Crippen LogP contribution is 2.27. The Hall–Kier alpha value is -2.68. The van der Waals surface area contributed by atoms with Crippen LogP contribution in [-0.4, -0.2) is 44.9 Å². The minimum Gasteiger partial charge on any atom is -0.464 e. The number of benzene rings is 2. The van der Waals surface area contributed by atoms with Crippen LogP contribution in [0.25, 0.3) is 11.0 Å². The van der Waals surface area contributed by atoms with Crippen molar-refractivity contribution in [1.82, 2.24) is 4.31 Å². The van der Waals surface area contributed by atoms with Crippen LogP contribution < -0.4 is 5.32 Å². The van der Waals surface area contributed by atoms with Gasteiger partial charge in [0, 0.05) is 29.7 Å². The van der Waals surface area contributed by atoms with Gasteiger partial charge < -0.3 is 14.5 Å². The summed E-state index contributed by atoms with van der Waals surface area (Å²) in [5, 5.41) is 3.74. The summed E-state index contributed by atoms with van der Waals surface area (Å²) in [5.74, 6) is -0.237. The molecule has 4 rings (SSSR count). The first-order valence-corrected chi connectivity index (χ1v) is 11.7. The lowest BCUT2D eigenvalue weighted by Crippen LogP contribution is -2.40. The molecule has 1 N–H and O–H groups in total. The molecule has 2 heterocycles. The third-order valence-corrected chi connectivity index (χ3v) is 7.72. The number of carbonyl (C=O) groups is 1. The van der Waals surface area contributed by atoms with E-state index < -0.39 is 10.0 Å². The molecular weight excluding hydrogens is 416 g/mol. The number of amides is 1. The number of furan rings is 1. The third-order valence-electron chi connectivity index (χ3n) is 5.68. The number of nitrogens with one attached hydrogen (secondary N) is 1. The third kappa shape index (κ3) is 4.37. The SMILES string of the molecule is Cc1cc2occ(CC(=O)Nc3ccc(C)c(S(=O)(=O)N4CCOCC4)c3)c2cc1C. The van der Waals surface area contributed by atoms with Gasteiger partial charge in [-0.2, -0.15) is 4.31 Å². The number of hydrogen-bond acceptors (Lipinski definition) is 5. The summed E-state index contributed by atoms with van der Waals surface area (Å²) in [5.41, 5.74) is 4.89. The van der Waals surface area contributed by atoms with Crippen LogP contribution in [0.15, 0.2) is 45.9 Å². The van der Waals surface area contributed by atoms with E-state index in [-0.39, 0.29) is 17.2 Å². The van der Waals surface area contributed by atoms with Gasteiger partial charge >= 0.3 is 0 Å². The van der Waals surface area contributed by atoms with Gasteiger partial charge in [0.15, 0.2) is 0 Å². The molecule has 1 fully saturated rings. The Morgan fingerprint density at radius 1 is 1.03 bits per heavy atom. The second kappa shape index (κ2) is 8.45. The van der Waals surface area contributed by atoms with E-state index in [0.29, 0.717) is 37.6 Å². The van der Waals surface area contributed by atoms with Crippen LogP contribution in [0.2, 0.25) is 0 Å². The number of morpholine rings is 1. The number of sulfonamides is 1. The van der Waals surface area contributed by atoms with Gasteiger partial charge in [-0.3, -0.25) is 4.79 Å². The van der Waals surface area contributed by atoms with E-state index in [1.165, 1.54) is 10.4 Å². The van der Waals surface area contributed by atoms with Crippen molar-refractivity contribution < 1.29 is 22.4 Å². The van der Waals surface area contributed by atoms with Gasteiger partial charge in [-0.15, -0.1) is 0 Å². The lowest BCUT2D eigenvalue weighted by molar-refractivity contribution is -0.115. The van der Waals surface area contributed by atoms with Crippen LogP contribution in [0.4, 0.5) is 5.69 Å². The Morgan fingerprint density at radius 3 is 2.48 bits per heavy atom. The van der Waals surface area contributed by atoms with Gasteiger partial charge in [-0.25, -0.2) is 8.42 Å². The fourth-order valence-electron chi connectivity index (χ4n) is 3.73. The molecule has 0 saturated carbocycles. The van der Waals surface area contributed by atoms with Crippen LogP contribution in [0.3, 0.4) is 0 Å². The Balaban J connectivity index is 1.54. The van der Waals surface area contributed by atoms with Crippen molar-refractivity contribution in [2.45, 2.75) is 32.1 Å². The number of ether oxygens (including phenoxy) is 1. The number of carbonyl (C=O) groups excluding carboxylic acids is 1. The molecule has 8 heteroatoms. The zero-order valence-electron chi connectivity index (χ0n) is 17.9. The fraction of sp³-hybridized carbons (Fsp3) is 0.348. The first kappa shape index (κ1) is 21.5. The topological polar surface area (TPSA) is 88.8 Å². The Bertz CT molecular complexity index is 1240. The number of hydrogen-bond donors (Lipinski definition) is 1. The summed E-state index contributed by atoms with van der Waals surface area (Å²) in [4.78, 5) is 12.9. The molecule has 31 heavy (non-hydrogen) atoms. The van der Waals surface area contributed by atoms with Crippen molar-refractivity contribution in [3.63, 3.8) is 0 Å². The Labute approximate surface area is 182 Å². The molecule has 1 saturated heterocycles. The number of nitrogens with zero attached hydrogens (tertiary/aromatic N) is 1.